The maximum absolute atomic E-state index is 10.7. The van der Waals surface area contributed by atoms with Gasteiger partial charge in [-0.2, -0.15) is 0 Å². The topological polar surface area (TPSA) is 67.2 Å². The zero-order valence-corrected chi connectivity index (χ0v) is 10.1. The fourth-order valence-electron chi connectivity index (χ4n) is 1.49. The molecule has 17 heavy (non-hydrogen) atoms. The average molecular weight is 237 g/mol. The molecule has 2 N–H and O–H groups in total. The van der Waals surface area contributed by atoms with Crippen molar-refractivity contribution in [3.05, 3.63) is 34.4 Å². The van der Waals surface area contributed by atoms with Crippen molar-refractivity contribution in [1.82, 2.24) is 5.32 Å². The number of hydrogen-bond donors (Lipinski definition) is 2. The van der Waals surface area contributed by atoms with Crippen molar-refractivity contribution in [3.63, 3.8) is 0 Å². The smallest absolute Gasteiger partial charge is 0.292 e. The van der Waals surface area contributed by atoms with E-state index in [2.05, 4.69) is 17.6 Å². The second kappa shape index (κ2) is 7.62. The van der Waals surface area contributed by atoms with Crippen LogP contribution >= 0.6 is 0 Å². The Hall–Kier alpha value is -1.62. The molecule has 1 aromatic rings. The van der Waals surface area contributed by atoms with Gasteiger partial charge in [-0.15, -0.1) is 0 Å². The molecule has 94 valence electrons. The Bertz CT molecular complexity index is 355. The second-order valence-corrected chi connectivity index (χ2v) is 3.80. The number of nitro groups is 1. The number of nitrogens with one attached hydrogen (secondary N) is 2. The van der Waals surface area contributed by atoms with Crippen LogP contribution in [0.15, 0.2) is 24.3 Å². The predicted molar refractivity (Wildman–Crippen MR) is 69.4 cm³/mol. The highest BCUT2D eigenvalue weighted by molar-refractivity contribution is 5.60. The van der Waals surface area contributed by atoms with Crippen LogP contribution in [0.25, 0.3) is 0 Å². The minimum absolute atomic E-state index is 0.126. The minimum Gasteiger partial charge on any atom is -0.378 e. The van der Waals surface area contributed by atoms with Crippen molar-refractivity contribution in [3.8, 4) is 0 Å². The van der Waals surface area contributed by atoms with Crippen LogP contribution < -0.4 is 10.6 Å². The average Bonchev–Trinajstić information content (AvgIpc) is 2.34. The molecule has 0 saturated carbocycles. The van der Waals surface area contributed by atoms with E-state index in [1.54, 1.807) is 18.2 Å². The zero-order chi connectivity index (χ0) is 12.5. The standard InChI is InChI=1S/C12H19N3O2/c1-2-3-8-13-9-10-14-11-6-4-5-7-12(11)15(16)17/h4-7,13-14H,2-3,8-10H2,1H3. The van der Waals surface area contributed by atoms with E-state index in [4.69, 9.17) is 0 Å². The first-order valence-electron chi connectivity index (χ1n) is 5.93. The largest absolute Gasteiger partial charge is 0.378 e. The van der Waals surface area contributed by atoms with Crippen molar-refractivity contribution < 1.29 is 4.92 Å². The molecule has 5 nitrogen and oxygen atoms in total. The first kappa shape index (κ1) is 13.4. The van der Waals surface area contributed by atoms with E-state index in [1.165, 1.54) is 12.5 Å². The summed E-state index contributed by atoms with van der Waals surface area (Å²) in [5.41, 5.74) is 0.704. The van der Waals surface area contributed by atoms with Gasteiger partial charge < -0.3 is 10.6 Å². The van der Waals surface area contributed by atoms with Crippen LogP contribution in [-0.2, 0) is 0 Å². The molecule has 0 heterocycles. The number of para-hydroxylation sites is 2. The van der Waals surface area contributed by atoms with E-state index in [-0.39, 0.29) is 10.6 Å². The molecule has 0 aliphatic heterocycles. The van der Waals surface area contributed by atoms with Crippen molar-refractivity contribution in [1.29, 1.82) is 0 Å². The maximum atomic E-state index is 10.7. The number of rotatable bonds is 8. The number of benzene rings is 1. The summed E-state index contributed by atoms with van der Waals surface area (Å²) < 4.78 is 0. The highest BCUT2D eigenvalue weighted by atomic mass is 16.6. The molecular weight excluding hydrogens is 218 g/mol. The third-order valence-electron chi connectivity index (χ3n) is 2.43. The van der Waals surface area contributed by atoms with Gasteiger partial charge in [-0.1, -0.05) is 25.5 Å². The van der Waals surface area contributed by atoms with Crippen molar-refractivity contribution in [2.45, 2.75) is 19.8 Å². The molecule has 0 fully saturated rings. The molecule has 0 aliphatic carbocycles. The molecule has 0 unspecified atom stereocenters. The van der Waals surface area contributed by atoms with Gasteiger partial charge in [0.2, 0.25) is 0 Å². The monoisotopic (exact) mass is 237 g/mol. The molecule has 0 atom stereocenters. The quantitative estimate of drug-likeness (QED) is 0.414. The SMILES string of the molecule is CCCCNCCNc1ccccc1[N+](=O)[O-]. The molecule has 0 bridgehead atoms. The lowest BCUT2D eigenvalue weighted by molar-refractivity contribution is -0.384. The summed E-state index contributed by atoms with van der Waals surface area (Å²) in [6.07, 6.45) is 2.33. The Labute approximate surface area is 101 Å². The molecule has 1 aromatic carbocycles. The second-order valence-electron chi connectivity index (χ2n) is 3.80. The normalized spacial score (nSPS) is 10.2. The Morgan fingerprint density at radius 2 is 2.00 bits per heavy atom. The third kappa shape index (κ3) is 4.82. The number of hydrogen-bond acceptors (Lipinski definition) is 4. The van der Waals surface area contributed by atoms with Crippen molar-refractivity contribution in [2.24, 2.45) is 0 Å². The number of nitro benzene ring substituents is 1. The van der Waals surface area contributed by atoms with Gasteiger partial charge in [-0.05, 0) is 19.0 Å². The molecule has 5 heteroatoms. The van der Waals surface area contributed by atoms with Gasteiger partial charge in [-0.3, -0.25) is 10.1 Å². The van der Waals surface area contributed by atoms with Crippen LogP contribution in [0, 0.1) is 10.1 Å². The van der Waals surface area contributed by atoms with E-state index < -0.39 is 0 Å². The number of nitrogens with zero attached hydrogens (tertiary/aromatic N) is 1. The van der Waals surface area contributed by atoms with Crippen LogP contribution in [0.2, 0.25) is 0 Å². The van der Waals surface area contributed by atoms with Crippen molar-refractivity contribution in [2.75, 3.05) is 25.0 Å². The molecule has 1 rings (SSSR count). The molecule has 0 aliphatic rings. The van der Waals surface area contributed by atoms with Crippen LogP contribution in [-0.4, -0.2) is 24.6 Å². The molecule has 0 amide bonds. The Morgan fingerprint density at radius 3 is 2.71 bits per heavy atom. The minimum atomic E-state index is -0.368. The summed E-state index contributed by atoms with van der Waals surface area (Å²) in [4.78, 5) is 10.4. The van der Waals surface area contributed by atoms with E-state index >= 15 is 0 Å². The lowest BCUT2D eigenvalue weighted by atomic mass is 10.2. The predicted octanol–water partition coefficient (Wildman–Crippen LogP) is 2.40. The van der Waals surface area contributed by atoms with Crippen LogP contribution in [0.3, 0.4) is 0 Å². The van der Waals surface area contributed by atoms with Gasteiger partial charge in [-0.25, -0.2) is 0 Å². The van der Waals surface area contributed by atoms with Crippen LogP contribution in [0.1, 0.15) is 19.8 Å². The fraction of sp³-hybridized carbons (Fsp3) is 0.500. The Kier molecular flexibility index (Phi) is 6.03. The highest BCUT2D eigenvalue weighted by Gasteiger charge is 2.10. The Balaban J connectivity index is 2.34. The summed E-state index contributed by atoms with van der Waals surface area (Å²) in [6.45, 7) is 4.64. The zero-order valence-electron chi connectivity index (χ0n) is 10.1. The lowest BCUT2D eigenvalue weighted by Crippen LogP contribution is -2.23. The van der Waals surface area contributed by atoms with E-state index in [0.29, 0.717) is 12.2 Å². The highest BCUT2D eigenvalue weighted by Crippen LogP contribution is 2.22. The van der Waals surface area contributed by atoms with E-state index in [9.17, 15) is 10.1 Å². The van der Waals surface area contributed by atoms with Crippen LogP contribution in [0.5, 0.6) is 0 Å². The lowest BCUT2D eigenvalue weighted by Gasteiger charge is -2.07. The van der Waals surface area contributed by atoms with Gasteiger partial charge in [0.25, 0.3) is 5.69 Å². The summed E-state index contributed by atoms with van der Waals surface area (Å²) >= 11 is 0. The van der Waals surface area contributed by atoms with Gasteiger partial charge in [0, 0.05) is 19.2 Å². The summed E-state index contributed by atoms with van der Waals surface area (Å²) in [6, 6.07) is 6.69. The van der Waals surface area contributed by atoms with Gasteiger partial charge in [0.1, 0.15) is 5.69 Å². The summed E-state index contributed by atoms with van der Waals surface area (Å²) in [5, 5.41) is 17.1. The van der Waals surface area contributed by atoms with E-state index in [1.807, 2.05) is 0 Å². The molecule has 0 radical (unpaired) electrons. The molecular formula is C12H19N3O2. The first-order valence-corrected chi connectivity index (χ1v) is 5.93. The summed E-state index contributed by atoms with van der Waals surface area (Å²) in [7, 11) is 0. The molecule has 0 aromatic heterocycles. The Morgan fingerprint density at radius 1 is 1.24 bits per heavy atom. The number of unbranched alkanes of at least 4 members (excludes halogenated alkanes) is 1. The third-order valence-corrected chi connectivity index (χ3v) is 2.43. The fourth-order valence-corrected chi connectivity index (χ4v) is 1.49. The van der Waals surface area contributed by atoms with Gasteiger partial charge in [0.05, 0.1) is 4.92 Å². The van der Waals surface area contributed by atoms with Gasteiger partial charge in [0.15, 0.2) is 0 Å². The summed E-state index contributed by atoms with van der Waals surface area (Å²) in [5.74, 6) is 0. The molecule has 0 spiro atoms. The van der Waals surface area contributed by atoms with Crippen molar-refractivity contribution >= 4 is 11.4 Å². The van der Waals surface area contributed by atoms with Crippen LogP contribution in [0.4, 0.5) is 11.4 Å². The molecule has 0 saturated heterocycles. The maximum Gasteiger partial charge on any atom is 0.292 e. The first-order chi connectivity index (χ1) is 8.25. The van der Waals surface area contributed by atoms with E-state index in [0.717, 1.165) is 19.5 Å². The number of anilines is 1. The van der Waals surface area contributed by atoms with Gasteiger partial charge >= 0.3 is 0 Å².